The molecule has 9 heavy (non-hydrogen) atoms. The molecule has 0 aromatic heterocycles. The molecule has 0 fully saturated rings. The predicted octanol–water partition coefficient (Wildman–Crippen LogP) is -2.50. The number of hydrogen-bond acceptors (Lipinski definition) is 2. The Hall–Kier alpha value is 0.140. The second kappa shape index (κ2) is 15.7. The standard InChI is InChI=1S/C3H4O3.C2H5.Na/c4-2-1-3(5)6;1-2;/h2H,1H2,(H,5,6);1H2,2H3;/q;-1;+1. The quantitative estimate of drug-likeness (QED) is 0.200. The van der Waals surface area contributed by atoms with Crippen LogP contribution in [0, 0.1) is 6.92 Å². The number of aldehydes is 1. The van der Waals surface area contributed by atoms with Gasteiger partial charge in [-0.1, -0.05) is 0 Å². The van der Waals surface area contributed by atoms with Gasteiger partial charge in [-0.15, -0.1) is 0 Å². The second-order valence-corrected chi connectivity index (χ2v) is 0.765. The van der Waals surface area contributed by atoms with Crippen LogP contribution < -0.4 is 29.6 Å². The largest absolute Gasteiger partial charge is 1.00 e. The topological polar surface area (TPSA) is 54.4 Å². The zero-order valence-electron chi connectivity index (χ0n) is 5.76. The Balaban J connectivity index is -0.000000109. The number of carbonyl (C=O) groups excluding carboxylic acids is 1. The second-order valence-electron chi connectivity index (χ2n) is 0.765. The van der Waals surface area contributed by atoms with Crippen molar-refractivity contribution in [1.29, 1.82) is 0 Å². The predicted molar refractivity (Wildman–Crippen MR) is 29.3 cm³/mol. The van der Waals surface area contributed by atoms with Crippen molar-refractivity contribution in [2.75, 3.05) is 0 Å². The smallest absolute Gasteiger partial charge is 0.481 e. The Morgan fingerprint density at radius 1 is 1.67 bits per heavy atom. The average Bonchev–Trinajstić information content (AvgIpc) is 1.72. The Kier molecular flexibility index (Phi) is 28.0. The minimum atomic E-state index is -1.08. The molecule has 0 aliphatic heterocycles. The van der Waals surface area contributed by atoms with Gasteiger partial charge in [0.15, 0.2) is 0 Å². The van der Waals surface area contributed by atoms with Gasteiger partial charge in [0.2, 0.25) is 0 Å². The van der Waals surface area contributed by atoms with E-state index in [1.54, 1.807) is 6.92 Å². The van der Waals surface area contributed by atoms with Crippen molar-refractivity contribution < 1.29 is 44.3 Å². The van der Waals surface area contributed by atoms with Crippen molar-refractivity contribution in [2.24, 2.45) is 0 Å². The first-order chi connectivity index (χ1) is 3.77. The van der Waals surface area contributed by atoms with Gasteiger partial charge in [-0.05, 0) is 0 Å². The maximum atomic E-state index is 9.37. The Labute approximate surface area is 76.7 Å². The summed E-state index contributed by atoms with van der Waals surface area (Å²) in [7, 11) is 0. The van der Waals surface area contributed by atoms with Crippen molar-refractivity contribution in [2.45, 2.75) is 13.3 Å². The first kappa shape index (κ1) is 16.1. The summed E-state index contributed by atoms with van der Waals surface area (Å²) in [6, 6.07) is 0. The summed E-state index contributed by atoms with van der Waals surface area (Å²) in [4.78, 5) is 18.6. The van der Waals surface area contributed by atoms with Crippen LogP contribution in [0.1, 0.15) is 13.3 Å². The minimum Gasteiger partial charge on any atom is -0.481 e. The fourth-order valence-electron chi connectivity index (χ4n) is 0.0713. The van der Waals surface area contributed by atoms with E-state index in [9.17, 15) is 9.59 Å². The fourth-order valence-corrected chi connectivity index (χ4v) is 0.0713. The average molecular weight is 140 g/mol. The van der Waals surface area contributed by atoms with Gasteiger partial charge in [0.25, 0.3) is 0 Å². The van der Waals surface area contributed by atoms with Crippen LogP contribution in [0.3, 0.4) is 0 Å². The normalized spacial score (nSPS) is 5.56. The summed E-state index contributed by atoms with van der Waals surface area (Å²) in [5, 5.41) is 7.68. The van der Waals surface area contributed by atoms with E-state index in [0.29, 0.717) is 6.29 Å². The first-order valence-corrected chi connectivity index (χ1v) is 2.13. The van der Waals surface area contributed by atoms with Crippen LogP contribution in [0.5, 0.6) is 0 Å². The van der Waals surface area contributed by atoms with Gasteiger partial charge in [-0.2, -0.15) is 6.92 Å². The summed E-state index contributed by atoms with van der Waals surface area (Å²) >= 11 is 0. The van der Waals surface area contributed by atoms with Crippen molar-refractivity contribution in [3.8, 4) is 0 Å². The maximum absolute atomic E-state index is 9.37. The number of hydrogen-bond donors (Lipinski definition) is 1. The molecular weight excluding hydrogens is 131 g/mol. The summed E-state index contributed by atoms with van der Waals surface area (Å²) in [5.74, 6) is -1.08. The summed E-state index contributed by atoms with van der Waals surface area (Å²) < 4.78 is 0. The Morgan fingerprint density at radius 3 is 2.00 bits per heavy atom. The Bertz CT molecular complexity index is 72.6. The molecule has 0 saturated carbocycles. The van der Waals surface area contributed by atoms with E-state index in [1.165, 1.54) is 0 Å². The molecule has 0 aromatic rings. The molecule has 0 saturated heterocycles. The maximum Gasteiger partial charge on any atom is 1.00 e. The summed E-state index contributed by atoms with van der Waals surface area (Å²) in [6.45, 7) is 5.00. The molecule has 0 aromatic carbocycles. The van der Waals surface area contributed by atoms with Crippen molar-refractivity contribution in [3.05, 3.63) is 6.92 Å². The van der Waals surface area contributed by atoms with E-state index < -0.39 is 5.97 Å². The van der Waals surface area contributed by atoms with Gasteiger partial charge in [0.1, 0.15) is 12.7 Å². The molecule has 0 amide bonds. The third-order valence-electron chi connectivity index (χ3n) is 0.258. The number of carboxylic acid groups (broad SMARTS) is 1. The summed E-state index contributed by atoms with van der Waals surface area (Å²) in [6.07, 6.45) is -0.0394. The first-order valence-electron chi connectivity index (χ1n) is 2.13. The molecule has 0 bridgehead atoms. The molecule has 4 heteroatoms. The molecule has 0 heterocycles. The van der Waals surface area contributed by atoms with Crippen LogP contribution in [0.15, 0.2) is 0 Å². The monoisotopic (exact) mass is 140 g/mol. The van der Waals surface area contributed by atoms with Gasteiger partial charge in [0.05, 0.1) is 0 Å². The van der Waals surface area contributed by atoms with Crippen LogP contribution in [0.2, 0.25) is 0 Å². The summed E-state index contributed by atoms with van der Waals surface area (Å²) in [5.41, 5.74) is 0. The number of aliphatic carboxylic acids is 1. The molecule has 1 N–H and O–H groups in total. The van der Waals surface area contributed by atoms with Crippen molar-refractivity contribution >= 4 is 12.3 Å². The van der Waals surface area contributed by atoms with Crippen molar-refractivity contribution in [1.82, 2.24) is 0 Å². The van der Waals surface area contributed by atoms with E-state index in [2.05, 4.69) is 6.92 Å². The molecule has 0 aliphatic carbocycles. The number of carboxylic acids is 1. The van der Waals surface area contributed by atoms with Crippen LogP contribution in [0.4, 0.5) is 0 Å². The zero-order valence-corrected chi connectivity index (χ0v) is 7.76. The van der Waals surface area contributed by atoms with E-state index in [-0.39, 0.29) is 36.0 Å². The van der Waals surface area contributed by atoms with E-state index in [4.69, 9.17) is 5.11 Å². The molecule has 0 radical (unpaired) electrons. The van der Waals surface area contributed by atoms with Crippen molar-refractivity contribution in [3.63, 3.8) is 0 Å². The number of carbonyl (C=O) groups is 2. The number of rotatable bonds is 2. The molecular formula is C5H9NaO3. The van der Waals surface area contributed by atoms with E-state index in [1.807, 2.05) is 0 Å². The van der Waals surface area contributed by atoms with Gasteiger partial charge >= 0.3 is 35.5 Å². The zero-order chi connectivity index (χ0) is 6.99. The van der Waals surface area contributed by atoms with Gasteiger partial charge < -0.3 is 16.8 Å². The van der Waals surface area contributed by atoms with Gasteiger partial charge in [-0.25, -0.2) is 0 Å². The SMILES string of the molecule is O=CCC(=O)O.[CH2-]C.[Na+]. The van der Waals surface area contributed by atoms with Crippen LogP contribution in [0.25, 0.3) is 0 Å². The fraction of sp³-hybridized carbons (Fsp3) is 0.400. The third-order valence-corrected chi connectivity index (χ3v) is 0.258. The minimum absolute atomic E-state index is 0. The van der Waals surface area contributed by atoms with E-state index in [0.717, 1.165) is 0 Å². The molecule has 0 unspecified atom stereocenters. The molecule has 0 spiro atoms. The van der Waals surface area contributed by atoms with Crippen LogP contribution >= 0.6 is 0 Å². The molecule has 48 valence electrons. The van der Waals surface area contributed by atoms with E-state index >= 15 is 0 Å². The molecule has 3 nitrogen and oxygen atoms in total. The van der Waals surface area contributed by atoms with Gasteiger partial charge in [0, 0.05) is 0 Å². The molecule has 0 aliphatic rings. The molecule has 0 rings (SSSR count). The van der Waals surface area contributed by atoms with Gasteiger partial charge in [-0.3, -0.25) is 4.79 Å². The van der Waals surface area contributed by atoms with Crippen LogP contribution in [-0.2, 0) is 9.59 Å². The molecule has 0 atom stereocenters. The van der Waals surface area contributed by atoms with Crippen LogP contribution in [-0.4, -0.2) is 17.4 Å². The Morgan fingerprint density at radius 2 is 2.00 bits per heavy atom. The third kappa shape index (κ3) is 31.1.